The summed E-state index contributed by atoms with van der Waals surface area (Å²) in [5.74, 6) is -0.239. The number of nitrogens with two attached hydrogens (primary N) is 1. The Hall–Kier alpha value is -1.88. The lowest BCUT2D eigenvalue weighted by Crippen LogP contribution is -2.39. The van der Waals surface area contributed by atoms with Gasteiger partial charge in [-0.3, -0.25) is 9.59 Å². The zero-order valence-corrected chi connectivity index (χ0v) is 10.7. The summed E-state index contributed by atoms with van der Waals surface area (Å²) in [4.78, 5) is 22.1. The van der Waals surface area contributed by atoms with Gasteiger partial charge in [0.15, 0.2) is 0 Å². The summed E-state index contributed by atoms with van der Waals surface area (Å²) in [5, 5.41) is 5.44. The molecule has 0 unspecified atom stereocenters. The summed E-state index contributed by atoms with van der Waals surface area (Å²) in [7, 11) is 0. The van der Waals surface area contributed by atoms with Crippen molar-refractivity contribution in [3.05, 3.63) is 29.8 Å². The molecule has 0 aliphatic rings. The second-order valence-corrected chi connectivity index (χ2v) is 4.21. The molecule has 0 fully saturated rings. The number of carbonyl (C=O) groups excluding carboxylic acids is 2. The zero-order chi connectivity index (χ0) is 13.5. The lowest BCUT2D eigenvalue weighted by atomic mass is 10.1. The molecular formula is C13H19N3O2. The second kappa shape index (κ2) is 6.76. The summed E-state index contributed by atoms with van der Waals surface area (Å²) >= 11 is 0. The van der Waals surface area contributed by atoms with E-state index in [1.54, 1.807) is 6.92 Å². The predicted molar refractivity (Wildman–Crippen MR) is 71.1 cm³/mol. The third kappa shape index (κ3) is 4.97. The molecule has 0 bridgehead atoms. The average Bonchev–Trinajstić information content (AvgIpc) is 2.30. The van der Waals surface area contributed by atoms with Crippen LogP contribution in [0.3, 0.4) is 0 Å². The molecule has 0 aromatic heterocycles. The molecule has 0 saturated heterocycles. The Labute approximate surface area is 107 Å². The third-order valence-corrected chi connectivity index (χ3v) is 2.40. The Morgan fingerprint density at radius 2 is 1.89 bits per heavy atom. The first-order valence-electron chi connectivity index (χ1n) is 5.89. The van der Waals surface area contributed by atoms with Gasteiger partial charge in [0.1, 0.15) is 0 Å². The van der Waals surface area contributed by atoms with Crippen LogP contribution >= 0.6 is 0 Å². The minimum Gasteiger partial charge on any atom is -0.354 e. The SMILES string of the molecule is CC(=O)Nc1ccc(CCNC(=O)[C@@H](C)N)cc1. The first-order valence-corrected chi connectivity index (χ1v) is 5.89. The van der Waals surface area contributed by atoms with Crippen LogP contribution in [0.25, 0.3) is 0 Å². The van der Waals surface area contributed by atoms with Crippen molar-refractivity contribution in [2.45, 2.75) is 26.3 Å². The maximum Gasteiger partial charge on any atom is 0.236 e. The molecule has 1 rings (SSSR count). The number of hydrogen-bond acceptors (Lipinski definition) is 3. The summed E-state index contributed by atoms with van der Waals surface area (Å²) in [6, 6.07) is 7.04. The van der Waals surface area contributed by atoms with E-state index < -0.39 is 6.04 Å². The van der Waals surface area contributed by atoms with Gasteiger partial charge in [-0.15, -0.1) is 0 Å². The van der Waals surface area contributed by atoms with Gasteiger partial charge >= 0.3 is 0 Å². The third-order valence-electron chi connectivity index (χ3n) is 2.40. The Bertz CT molecular complexity index is 413. The molecule has 0 aliphatic carbocycles. The highest BCUT2D eigenvalue weighted by Crippen LogP contribution is 2.09. The molecule has 0 radical (unpaired) electrons. The molecule has 4 N–H and O–H groups in total. The van der Waals surface area contributed by atoms with Gasteiger partial charge in [-0.2, -0.15) is 0 Å². The molecule has 98 valence electrons. The van der Waals surface area contributed by atoms with Crippen molar-refractivity contribution >= 4 is 17.5 Å². The number of rotatable bonds is 5. The van der Waals surface area contributed by atoms with Gasteiger partial charge in [-0.25, -0.2) is 0 Å². The van der Waals surface area contributed by atoms with Gasteiger partial charge < -0.3 is 16.4 Å². The summed E-state index contributed by atoms with van der Waals surface area (Å²) < 4.78 is 0. The lowest BCUT2D eigenvalue weighted by molar-refractivity contribution is -0.122. The Morgan fingerprint density at radius 3 is 2.39 bits per heavy atom. The highest BCUT2D eigenvalue weighted by molar-refractivity contribution is 5.88. The van der Waals surface area contributed by atoms with E-state index in [-0.39, 0.29) is 11.8 Å². The molecule has 1 aromatic rings. The molecule has 5 heteroatoms. The fourth-order valence-corrected chi connectivity index (χ4v) is 1.45. The van der Waals surface area contributed by atoms with Gasteiger partial charge in [-0.1, -0.05) is 12.1 Å². The topological polar surface area (TPSA) is 84.2 Å². The highest BCUT2D eigenvalue weighted by atomic mass is 16.2. The van der Waals surface area contributed by atoms with Crippen LogP contribution in [0.2, 0.25) is 0 Å². The Balaban J connectivity index is 2.39. The smallest absolute Gasteiger partial charge is 0.236 e. The van der Waals surface area contributed by atoms with Crippen molar-refractivity contribution < 1.29 is 9.59 Å². The maximum absolute atomic E-state index is 11.2. The fourth-order valence-electron chi connectivity index (χ4n) is 1.45. The van der Waals surface area contributed by atoms with Crippen molar-refractivity contribution in [2.24, 2.45) is 5.73 Å². The monoisotopic (exact) mass is 249 g/mol. The maximum atomic E-state index is 11.2. The minimum atomic E-state index is -0.479. The van der Waals surface area contributed by atoms with Crippen LogP contribution in [0.5, 0.6) is 0 Å². The van der Waals surface area contributed by atoms with Crippen LogP contribution in [-0.4, -0.2) is 24.4 Å². The van der Waals surface area contributed by atoms with Crippen molar-refractivity contribution in [2.75, 3.05) is 11.9 Å². The first-order chi connectivity index (χ1) is 8.49. The van der Waals surface area contributed by atoms with E-state index in [1.165, 1.54) is 6.92 Å². The Kier molecular flexibility index (Phi) is 5.32. The van der Waals surface area contributed by atoms with Crippen molar-refractivity contribution in [3.63, 3.8) is 0 Å². The molecule has 18 heavy (non-hydrogen) atoms. The van der Waals surface area contributed by atoms with Crippen LogP contribution in [0, 0.1) is 0 Å². The van der Waals surface area contributed by atoms with Crippen LogP contribution in [-0.2, 0) is 16.0 Å². The van der Waals surface area contributed by atoms with Gasteiger partial charge in [0, 0.05) is 19.2 Å². The lowest BCUT2D eigenvalue weighted by Gasteiger charge is -2.08. The van der Waals surface area contributed by atoms with E-state index in [0.29, 0.717) is 6.54 Å². The van der Waals surface area contributed by atoms with Crippen molar-refractivity contribution in [3.8, 4) is 0 Å². The molecule has 1 aromatic carbocycles. The van der Waals surface area contributed by atoms with Crippen LogP contribution < -0.4 is 16.4 Å². The first kappa shape index (κ1) is 14.2. The van der Waals surface area contributed by atoms with E-state index in [2.05, 4.69) is 10.6 Å². The number of amides is 2. The molecule has 2 amide bonds. The Morgan fingerprint density at radius 1 is 1.28 bits per heavy atom. The number of benzene rings is 1. The summed E-state index contributed by atoms with van der Waals surface area (Å²) in [6.07, 6.45) is 0.735. The van der Waals surface area contributed by atoms with Gasteiger partial charge in [0.25, 0.3) is 0 Å². The van der Waals surface area contributed by atoms with E-state index in [0.717, 1.165) is 17.7 Å². The zero-order valence-electron chi connectivity index (χ0n) is 10.7. The average molecular weight is 249 g/mol. The van der Waals surface area contributed by atoms with Gasteiger partial charge in [-0.05, 0) is 31.0 Å². The number of nitrogens with one attached hydrogen (secondary N) is 2. The molecule has 0 heterocycles. The predicted octanol–water partition coefficient (Wildman–Crippen LogP) is 0.651. The van der Waals surface area contributed by atoms with Crippen LogP contribution in [0.15, 0.2) is 24.3 Å². The second-order valence-electron chi connectivity index (χ2n) is 4.21. The largest absolute Gasteiger partial charge is 0.354 e. The van der Waals surface area contributed by atoms with Crippen LogP contribution in [0.4, 0.5) is 5.69 Å². The number of anilines is 1. The molecular weight excluding hydrogens is 230 g/mol. The van der Waals surface area contributed by atoms with Crippen molar-refractivity contribution in [1.82, 2.24) is 5.32 Å². The normalized spacial score (nSPS) is 11.7. The number of carbonyl (C=O) groups is 2. The fraction of sp³-hybridized carbons (Fsp3) is 0.385. The van der Waals surface area contributed by atoms with E-state index in [9.17, 15) is 9.59 Å². The standard InChI is InChI=1S/C13H19N3O2/c1-9(14)13(18)15-8-7-11-3-5-12(6-4-11)16-10(2)17/h3-6,9H,7-8,14H2,1-2H3,(H,15,18)(H,16,17)/t9-/m1/s1. The summed E-state index contributed by atoms with van der Waals surface area (Å²) in [6.45, 7) is 3.68. The molecule has 1 atom stereocenters. The molecule has 5 nitrogen and oxygen atoms in total. The van der Waals surface area contributed by atoms with E-state index in [4.69, 9.17) is 5.73 Å². The minimum absolute atomic E-state index is 0.0908. The van der Waals surface area contributed by atoms with Crippen molar-refractivity contribution in [1.29, 1.82) is 0 Å². The molecule has 0 aliphatic heterocycles. The number of hydrogen-bond donors (Lipinski definition) is 3. The van der Waals surface area contributed by atoms with Crippen LogP contribution in [0.1, 0.15) is 19.4 Å². The van der Waals surface area contributed by atoms with E-state index in [1.807, 2.05) is 24.3 Å². The molecule has 0 spiro atoms. The summed E-state index contributed by atoms with van der Waals surface area (Å²) in [5.41, 5.74) is 7.29. The quantitative estimate of drug-likeness (QED) is 0.716. The molecule has 0 saturated carbocycles. The van der Waals surface area contributed by atoms with Gasteiger partial charge in [0.2, 0.25) is 11.8 Å². The van der Waals surface area contributed by atoms with E-state index >= 15 is 0 Å². The van der Waals surface area contributed by atoms with Gasteiger partial charge in [0.05, 0.1) is 6.04 Å². The highest BCUT2D eigenvalue weighted by Gasteiger charge is 2.05.